The summed E-state index contributed by atoms with van der Waals surface area (Å²) >= 11 is 0. The van der Waals surface area contributed by atoms with E-state index in [0.29, 0.717) is 0 Å². The predicted molar refractivity (Wildman–Crippen MR) is 232 cm³/mol. The number of rotatable bonds is 5. The second-order valence-electron chi connectivity index (χ2n) is 15.3. The summed E-state index contributed by atoms with van der Waals surface area (Å²) in [4.78, 5) is 2.45. The summed E-state index contributed by atoms with van der Waals surface area (Å²) in [5, 5.41) is 6.95. The van der Waals surface area contributed by atoms with E-state index >= 15 is 0 Å². The molecule has 2 nitrogen and oxygen atoms in total. The van der Waals surface area contributed by atoms with Gasteiger partial charge in [0.1, 0.15) is 11.2 Å². The highest BCUT2D eigenvalue weighted by Crippen LogP contribution is 2.52. The van der Waals surface area contributed by atoms with Gasteiger partial charge in [-0.15, -0.1) is 0 Å². The Morgan fingerprint density at radius 3 is 1.91 bits per heavy atom. The lowest BCUT2D eigenvalue weighted by atomic mass is 9.82. The molecular weight excluding hydrogens is 667 g/mol. The molecule has 0 amide bonds. The van der Waals surface area contributed by atoms with Crippen LogP contribution in [0.1, 0.15) is 25.0 Å². The lowest BCUT2D eigenvalue weighted by Crippen LogP contribution is -2.16. The number of hydrogen-bond donors (Lipinski definition) is 0. The Morgan fingerprint density at radius 2 is 1.05 bits per heavy atom. The molecule has 260 valence electrons. The van der Waals surface area contributed by atoms with E-state index in [1.165, 1.54) is 55.3 Å². The number of furan rings is 1. The minimum absolute atomic E-state index is 0.132. The lowest BCUT2D eigenvalue weighted by molar-refractivity contribution is 0.660. The van der Waals surface area contributed by atoms with E-state index in [2.05, 4.69) is 207 Å². The molecule has 55 heavy (non-hydrogen) atoms. The molecule has 9 aromatic carbocycles. The van der Waals surface area contributed by atoms with Gasteiger partial charge in [-0.3, -0.25) is 0 Å². The van der Waals surface area contributed by atoms with Gasteiger partial charge in [-0.05, 0) is 97.7 Å². The average Bonchev–Trinajstić information content (AvgIpc) is 3.72. The van der Waals surface area contributed by atoms with Crippen molar-refractivity contribution < 1.29 is 4.42 Å². The van der Waals surface area contributed by atoms with Crippen molar-refractivity contribution >= 4 is 60.5 Å². The fraction of sp³-hybridized carbons (Fsp3) is 0.0566. The summed E-state index contributed by atoms with van der Waals surface area (Å²) in [6.45, 7) is 4.71. The molecule has 0 atom stereocenters. The standard InChI is InChI=1S/C53H37NO/c1-53(2)48-22-11-10-18-42(48)43-29-28-39(32-49(43)53)54(38-26-23-36(24-27-38)41-21-12-16-35-15-6-7-17-40(35)41)50-33-47-46-31-37(34-13-4-3-5-14-34)25-30-51(46)55-52(47)45-20-9-8-19-44(45)50/h3-33H,1-2H3. The van der Waals surface area contributed by atoms with Crippen LogP contribution in [0.25, 0.3) is 76.9 Å². The minimum Gasteiger partial charge on any atom is -0.455 e. The van der Waals surface area contributed by atoms with Gasteiger partial charge < -0.3 is 9.32 Å². The second-order valence-corrected chi connectivity index (χ2v) is 15.3. The fourth-order valence-corrected chi connectivity index (χ4v) is 9.10. The van der Waals surface area contributed by atoms with Gasteiger partial charge in [-0.1, -0.05) is 159 Å². The number of fused-ring (bicyclic) bond motifs is 9. The van der Waals surface area contributed by atoms with Crippen molar-refractivity contribution in [2.75, 3.05) is 4.90 Å². The second kappa shape index (κ2) is 12.1. The van der Waals surface area contributed by atoms with Crippen LogP contribution in [0.2, 0.25) is 0 Å². The van der Waals surface area contributed by atoms with E-state index in [-0.39, 0.29) is 5.41 Å². The molecule has 1 heterocycles. The Morgan fingerprint density at radius 1 is 0.400 bits per heavy atom. The van der Waals surface area contributed by atoms with Gasteiger partial charge in [0.15, 0.2) is 0 Å². The fourth-order valence-electron chi connectivity index (χ4n) is 9.10. The Kier molecular flexibility index (Phi) is 6.93. The van der Waals surface area contributed by atoms with Crippen LogP contribution < -0.4 is 4.90 Å². The number of hydrogen-bond acceptors (Lipinski definition) is 2. The third-order valence-electron chi connectivity index (χ3n) is 11.9. The van der Waals surface area contributed by atoms with Crippen LogP contribution in [0.4, 0.5) is 17.1 Å². The third kappa shape index (κ3) is 4.88. The van der Waals surface area contributed by atoms with Gasteiger partial charge in [-0.2, -0.15) is 0 Å². The summed E-state index contributed by atoms with van der Waals surface area (Å²) in [6, 6.07) is 68.4. The summed E-state index contributed by atoms with van der Waals surface area (Å²) in [7, 11) is 0. The molecule has 0 radical (unpaired) electrons. The topological polar surface area (TPSA) is 16.4 Å². The van der Waals surface area contributed by atoms with Crippen molar-refractivity contribution in [3.05, 3.63) is 199 Å². The van der Waals surface area contributed by atoms with Crippen LogP contribution in [0, 0.1) is 0 Å². The van der Waals surface area contributed by atoms with E-state index in [4.69, 9.17) is 4.42 Å². The zero-order valence-corrected chi connectivity index (χ0v) is 30.8. The molecule has 11 rings (SSSR count). The van der Waals surface area contributed by atoms with Crippen LogP contribution >= 0.6 is 0 Å². The van der Waals surface area contributed by atoms with Crippen LogP contribution in [0.3, 0.4) is 0 Å². The molecule has 0 saturated carbocycles. The molecule has 0 unspecified atom stereocenters. The average molecular weight is 704 g/mol. The predicted octanol–water partition coefficient (Wildman–Crippen LogP) is 15.0. The van der Waals surface area contributed by atoms with Crippen molar-refractivity contribution in [3.63, 3.8) is 0 Å². The molecule has 0 N–H and O–H groups in total. The molecule has 1 aromatic heterocycles. The van der Waals surface area contributed by atoms with Gasteiger partial charge in [0.05, 0.1) is 5.69 Å². The summed E-state index contributed by atoms with van der Waals surface area (Å²) in [5.41, 5.74) is 15.1. The maximum absolute atomic E-state index is 6.71. The van der Waals surface area contributed by atoms with Gasteiger partial charge in [0.2, 0.25) is 0 Å². The van der Waals surface area contributed by atoms with E-state index in [9.17, 15) is 0 Å². The zero-order chi connectivity index (χ0) is 36.7. The first-order valence-electron chi connectivity index (χ1n) is 19.1. The molecule has 1 aliphatic rings. The van der Waals surface area contributed by atoms with Gasteiger partial charge in [-0.25, -0.2) is 0 Å². The number of benzene rings is 9. The monoisotopic (exact) mass is 703 g/mol. The van der Waals surface area contributed by atoms with Gasteiger partial charge in [0.25, 0.3) is 0 Å². The van der Waals surface area contributed by atoms with Crippen LogP contribution in [0.5, 0.6) is 0 Å². The highest BCUT2D eigenvalue weighted by Gasteiger charge is 2.36. The van der Waals surface area contributed by atoms with E-state index < -0.39 is 0 Å². The highest BCUT2D eigenvalue weighted by molar-refractivity contribution is 6.20. The van der Waals surface area contributed by atoms with Gasteiger partial charge >= 0.3 is 0 Å². The molecule has 0 bridgehead atoms. The van der Waals surface area contributed by atoms with Gasteiger partial charge in [0, 0.05) is 38.3 Å². The first-order chi connectivity index (χ1) is 27.0. The smallest absolute Gasteiger partial charge is 0.143 e. The zero-order valence-electron chi connectivity index (χ0n) is 30.8. The summed E-state index contributed by atoms with van der Waals surface area (Å²) < 4.78 is 6.71. The Bertz CT molecular complexity index is 3110. The molecular formula is C53H37NO. The Balaban J connectivity index is 1.16. The first kappa shape index (κ1) is 31.6. The summed E-state index contributed by atoms with van der Waals surface area (Å²) in [5.74, 6) is 0. The molecule has 0 spiro atoms. The van der Waals surface area contributed by atoms with Crippen molar-refractivity contribution in [1.82, 2.24) is 0 Å². The quantitative estimate of drug-likeness (QED) is 0.177. The number of anilines is 3. The molecule has 0 fully saturated rings. The van der Waals surface area contributed by atoms with E-state index in [1.807, 2.05) is 0 Å². The summed E-state index contributed by atoms with van der Waals surface area (Å²) in [6.07, 6.45) is 0. The normalized spacial score (nSPS) is 13.1. The Hall–Kier alpha value is -6.90. The third-order valence-corrected chi connectivity index (χ3v) is 11.9. The van der Waals surface area contributed by atoms with E-state index in [0.717, 1.165) is 49.8 Å². The van der Waals surface area contributed by atoms with Crippen molar-refractivity contribution in [3.8, 4) is 33.4 Å². The molecule has 10 aromatic rings. The van der Waals surface area contributed by atoms with Crippen LogP contribution in [0.15, 0.2) is 192 Å². The molecule has 2 heteroatoms. The molecule has 0 saturated heterocycles. The van der Waals surface area contributed by atoms with Crippen LogP contribution in [-0.4, -0.2) is 0 Å². The SMILES string of the molecule is CC1(C)c2ccccc2-c2ccc(N(c3ccc(-c4cccc5ccccc45)cc3)c3cc4c5cc(-c6ccccc6)ccc5oc4c4ccccc34)cc21. The largest absolute Gasteiger partial charge is 0.455 e. The maximum atomic E-state index is 6.71. The maximum Gasteiger partial charge on any atom is 0.143 e. The van der Waals surface area contributed by atoms with Crippen molar-refractivity contribution in [2.45, 2.75) is 19.3 Å². The first-order valence-corrected chi connectivity index (χ1v) is 19.1. The van der Waals surface area contributed by atoms with Crippen molar-refractivity contribution in [1.29, 1.82) is 0 Å². The molecule has 0 aliphatic heterocycles. The van der Waals surface area contributed by atoms with Crippen LogP contribution in [-0.2, 0) is 5.41 Å². The molecule has 1 aliphatic carbocycles. The van der Waals surface area contributed by atoms with E-state index in [1.54, 1.807) is 0 Å². The van der Waals surface area contributed by atoms with Crippen molar-refractivity contribution in [2.24, 2.45) is 0 Å². The highest BCUT2D eigenvalue weighted by atomic mass is 16.3. The Labute approximate surface area is 320 Å². The number of nitrogens with zero attached hydrogens (tertiary/aromatic N) is 1. The lowest BCUT2D eigenvalue weighted by Gasteiger charge is -2.29. The minimum atomic E-state index is -0.132.